The van der Waals surface area contributed by atoms with Crippen LogP contribution < -0.4 is 15.5 Å². The van der Waals surface area contributed by atoms with Gasteiger partial charge in [-0.2, -0.15) is 0 Å². The molecule has 0 aliphatic carbocycles. The monoisotopic (exact) mass is 513 g/mol. The highest BCUT2D eigenvalue weighted by Gasteiger charge is 2.12. The van der Waals surface area contributed by atoms with Gasteiger partial charge in [-0.05, 0) is 43.2 Å². The molecule has 0 atom stereocenters. The van der Waals surface area contributed by atoms with Gasteiger partial charge in [0.05, 0.1) is 10.2 Å². The van der Waals surface area contributed by atoms with Crippen LogP contribution in [0.2, 0.25) is 0 Å². The number of amides is 2. The fourth-order valence-electron chi connectivity index (χ4n) is 3.25. The van der Waals surface area contributed by atoms with E-state index in [9.17, 15) is 14.4 Å². The van der Waals surface area contributed by atoms with Crippen LogP contribution in [0.3, 0.4) is 0 Å². The van der Waals surface area contributed by atoms with Crippen LogP contribution in [0.1, 0.15) is 24.0 Å². The van der Waals surface area contributed by atoms with Crippen molar-refractivity contribution in [3.8, 4) is 0 Å². The van der Waals surface area contributed by atoms with Gasteiger partial charge in [0.1, 0.15) is 0 Å². The summed E-state index contributed by atoms with van der Waals surface area (Å²) in [6.45, 7) is 4.24. The molecule has 11 heteroatoms. The summed E-state index contributed by atoms with van der Waals surface area (Å²) in [6.07, 6.45) is 0.490. The number of nitrogens with one attached hydrogen (secondary N) is 2. The first-order valence-corrected chi connectivity index (χ1v) is 13.2. The second kappa shape index (κ2) is 10.9. The van der Waals surface area contributed by atoms with Gasteiger partial charge < -0.3 is 10.6 Å². The van der Waals surface area contributed by atoms with Gasteiger partial charge in [-0.1, -0.05) is 58.7 Å². The number of fused-ring (bicyclic) bond motifs is 1. The normalized spacial score (nSPS) is 11.0. The highest BCUT2D eigenvalue weighted by Crippen LogP contribution is 2.26. The number of anilines is 2. The smallest absolute Gasteiger partial charge is 0.308 e. The Morgan fingerprint density at radius 1 is 1.00 bits per heavy atom. The molecule has 2 N–H and O–H groups in total. The van der Waals surface area contributed by atoms with Crippen LogP contribution in [-0.4, -0.2) is 32.3 Å². The van der Waals surface area contributed by atoms with Gasteiger partial charge in [-0.3, -0.25) is 19.0 Å². The number of carbonyl (C=O) groups is 2. The van der Waals surface area contributed by atoms with Crippen molar-refractivity contribution in [2.75, 3.05) is 16.4 Å². The number of thioether (sulfide) groups is 1. The summed E-state index contributed by atoms with van der Waals surface area (Å²) < 4.78 is 3.20. The summed E-state index contributed by atoms with van der Waals surface area (Å²) in [6, 6.07) is 13.5. The van der Waals surface area contributed by atoms with Crippen molar-refractivity contribution in [2.24, 2.45) is 0 Å². The number of aromatic nitrogens is 3. The van der Waals surface area contributed by atoms with E-state index < -0.39 is 0 Å². The van der Waals surface area contributed by atoms with Crippen LogP contribution in [-0.2, 0) is 16.1 Å². The van der Waals surface area contributed by atoms with Crippen molar-refractivity contribution >= 4 is 67.3 Å². The summed E-state index contributed by atoms with van der Waals surface area (Å²) in [7, 11) is 0. The zero-order valence-corrected chi connectivity index (χ0v) is 21.1. The lowest BCUT2D eigenvalue weighted by molar-refractivity contribution is -0.117. The molecular formula is C23H23N5O3S3. The standard InChI is InChI=1S/C23H23N5O3S3/c1-14-7-8-15(2)16(13-14)24-20(30)10-12-32-22-27-26-21(34-22)25-19(29)9-11-28-17-5-3-4-6-18(17)33-23(28)31/h3-8,13H,9-12H2,1-2H3,(H,24,30)(H,25,26,29). The van der Waals surface area contributed by atoms with Crippen molar-refractivity contribution in [2.45, 2.75) is 37.6 Å². The molecule has 34 heavy (non-hydrogen) atoms. The first-order chi connectivity index (χ1) is 16.4. The molecule has 0 fully saturated rings. The van der Waals surface area contributed by atoms with E-state index >= 15 is 0 Å². The lowest BCUT2D eigenvalue weighted by Crippen LogP contribution is -2.19. The Labute approximate surface area is 208 Å². The Morgan fingerprint density at radius 3 is 2.65 bits per heavy atom. The predicted molar refractivity (Wildman–Crippen MR) is 139 cm³/mol. The van der Waals surface area contributed by atoms with Crippen LogP contribution in [0.25, 0.3) is 10.2 Å². The first kappa shape index (κ1) is 24.1. The highest BCUT2D eigenvalue weighted by molar-refractivity contribution is 8.01. The Kier molecular flexibility index (Phi) is 7.76. The molecule has 0 aliphatic heterocycles. The van der Waals surface area contributed by atoms with Gasteiger partial charge in [0.25, 0.3) is 0 Å². The van der Waals surface area contributed by atoms with E-state index in [1.807, 2.05) is 56.3 Å². The fourth-order valence-corrected chi connectivity index (χ4v) is 5.95. The molecule has 2 heterocycles. The van der Waals surface area contributed by atoms with Crippen LogP contribution >= 0.6 is 34.4 Å². The number of aryl methyl sites for hydroxylation is 3. The number of hydrogen-bond acceptors (Lipinski definition) is 8. The van der Waals surface area contributed by atoms with E-state index in [4.69, 9.17) is 0 Å². The van der Waals surface area contributed by atoms with Crippen molar-refractivity contribution in [3.05, 3.63) is 63.3 Å². The minimum absolute atomic E-state index is 0.0598. The van der Waals surface area contributed by atoms with Crippen molar-refractivity contribution in [3.63, 3.8) is 0 Å². The highest BCUT2D eigenvalue weighted by atomic mass is 32.2. The van der Waals surface area contributed by atoms with Gasteiger partial charge in [0.15, 0.2) is 4.34 Å². The number of nitrogens with zero attached hydrogens (tertiary/aromatic N) is 3. The molecule has 0 spiro atoms. The molecule has 0 bridgehead atoms. The lowest BCUT2D eigenvalue weighted by Gasteiger charge is -2.08. The average Bonchev–Trinajstić information content (AvgIpc) is 3.37. The van der Waals surface area contributed by atoms with Crippen molar-refractivity contribution in [1.82, 2.24) is 14.8 Å². The number of para-hydroxylation sites is 1. The Bertz CT molecular complexity index is 1390. The average molecular weight is 514 g/mol. The zero-order chi connectivity index (χ0) is 24.1. The van der Waals surface area contributed by atoms with E-state index in [1.165, 1.54) is 34.4 Å². The lowest BCUT2D eigenvalue weighted by atomic mass is 10.1. The Balaban J connectivity index is 1.23. The van der Waals surface area contributed by atoms with Gasteiger partial charge in [-0.15, -0.1) is 10.2 Å². The van der Waals surface area contributed by atoms with Crippen LogP contribution in [0.15, 0.2) is 51.6 Å². The molecule has 0 saturated heterocycles. The molecule has 4 aromatic rings. The number of thiazole rings is 1. The third-order valence-corrected chi connectivity index (χ3v) is 7.94. The maximum atomic E-state index is 12.3. The number of benzene rings is 2. The van der Waals surface area contributed by atoms with Gasteiger partial charge >= 0.3 is 4.87 Å². The molecule has 2 aromatic heterocycles. The molecule has 2 amide bonds. The minimum Gasteiger partial charge on any atom is -0.326 e. The van der Waals surface area contributed by atoms with E-state index in [0.29, 0.717) is 28.2 Å². The third-order valence-electron chi connectivity index (χ3n) is 5.01. The zero-order valence-electron chi connectivity index (χ0n) is 18.7. The number of hydrogen-bond donors (Lipinski definition) is 2. The van der Waals surface area contributed by atoms with E-state index in [2.05, 4.69) is 20.8 Å². The van der Waals surface area contributed by atoms with Gasteiger partial charge in [0, 0.05) is 30.8 Å². The van der Waals surface area contributed by atoms with Gasteiger partial charge in [0.2, 0.25) is 16.9 Å². The summed E-state index contributed by atoms with van der Waals surface area (Å²) in [4.78, 5) is 36.7. The topological polar surface area (TPSA) is 106 Å². The van der Waals surface area contributed by atoms with E-state index in [-0.39, 0.29) is 23.1 Å². The first-order valence-electron chi connectivity index (χ1n) is 10.6. The summed E-state index contributed by atoms with van der Waals surface area (Å²) in [5.41, 5.74) is 3.78. The summed E-state index contributed by atoms with van der Waals surface area (Å²) in [5.74, 6) is 0.256. The van der Waals surface area contributed by atoms with E-state index in [1.54, 1.807) is 4.57 Å². The molecule has 2 aromatic carbocycles. The number of carbonyl (C=O) groups excluding carboxylic acids is 2. The van der Waals surface area contributed by atoms with Gasteiger partial charge in [-0.25, -0.2) is 0 Å². The maximum Gasteiger partial charge on any atom is 0.308 e. The molecule has 0 saturated carbocycles. The molecule has 0 unspecified atom stereocenters. The van der Waals surface area contributed by atoms with Crippen LogP contribution in [0.5, 0.6) is 0 Å². The maximum absolute atomic E-state index is 12.3. The molecular weight excluding hydrogens is 490 g/mol. The molecule has 4 rings (SSSR count). The van der Waals surface area contributed by atoms with Crippen molar-refractivity contribution < 1.29 is 9.59 Å². The van der Waals surface area contributed by atoms with E-state index in [0.717, 1.165) is 27.0 Å². The Morgan fingerprint density at radius 2 is 1.79 bits per heavy atom. The largest absolute Gasteiger partial charge is 0.326 e. The molecule has 8 nitrogen and oxygen atoms in total. The SMILES string of the molecule is Cc1ccc(C)c(NC(=O)CCSc2nnc(NC(=O)CCn3c(=O)sc4ccccc43)s2)c1. The quantitative estimate of drug-likeness (QED) is 0.249. The fraction of sp³-hybridized carbons (Fsp3) is 0.261. The van der Waals surface area contributed by atoms with Crippen LogP contribution in [0.4, 0.5) is 10.8 Å². The third kappa shape index (κ3) is 6.10. The van der Waals surface area contributed by atoms with Crippen LogP contribution in [0, 0.1) is 13.8 Å². The second-order valence-corrected chi connectivity index (χ2v) is 10.9. The summed E-state index contributed by atoms with van der Waals surface area (Å²) in [5, 5.41) is 14.2. The molecule has 176 valence electrons. The number of rotatable bonds is 9. The molecule has 0 aliphatic rings. The van der Waals surface area contributed by atoms with Crippen molar-refractivity contribution in [1.29, 1.82) is 0 Å². The predicted octanol–water partition coefficient (Wildman–Crippen LogP) is 4.68. The molecule has 0 radical (unpaired) electrons. The Hall–Kier alpha value is -3.02. The summed E-state index contributed by atoms with van der Waals surface area (Å²) >= 11 is 3.85. The second-order valence-electron chi connectivity index (χ2n) is 7.62. The minimum atomic E-state index is -0.234.